The second kappa shape index (κ2) is 13.6. The highest BCUT2D eigenvalue weighted by Gasteiger charge is 2.60. The van der Waals surface area contributed by atoms with Crippen LogP contribution in [0, 0.1) is 5.92 Å². The number of ether oxygens (including phenoxy) is 1. The molecule has 1 fully saturated rings. The number of hydrogen-bond donors (Lipinski definition) is 10. The number of hydrogen-bond acceptors (Lipinski definition) is 11. The largest absolute Gasteiger partial charge is 0.470 e. The second-order valence-corrected chi connectivity index (χ2v) is 14.0. The minimum atomic E-state index is -5.83. The number of rotatable bonds is 14. The molecule has 0 bridgehead atoms. The van der Waals surface area contributed by atoms with E-state index in [4.69, 9.17) is 4.74 Å². The fourth-order valence-electron chi connectivity index (χ4n) is 3.73. The quantitative estimate of drug-likeness (QED) is 0.107. The van der Waals surface area contributed by atoms with Gasteiger partial charge in [-0.1, -0.05) is 30.3 Å². The third-order valence-electron chi connectivity index (χ3n) is 4.90. The first-order valence-electron chi connectivity index (χ1n) is 10.3. The summed E-state index contributed by atoms with van der Waals surface area (Å²) in [5.41, 5.74) is 0.320. The van der Waals surface area contributed by atoms with Crippen molar-refractivity contribution in [3.8, 4) is 0 Å². The Labute approximate surface area is 224 Å². The lowest BCUT2D eigenvalue weighted by atomic mass is 9.78. The van der Waals surface area contributed by atoms with Gasteiger partial charge in [-0.25, -0.2) is 22.8 Å². The highest BCUT2D eigenvalue weighted by Crippen LogP contribution is 2.55. The van der Waals surface area contributed by atoms with Crippen molar-refractivity contribution in [1.29, 1.82) is 0 Å². The zero-order valence-electron chi connectivity index (χ0n) is 19.5. The fraction of sp³-hybridized carbons (Fsp3) is 0.571. The molecule has 0 amide bonds. The van der Waals surface area contributed by atoms with Crippen LogP contribution in [-0.4, -0.2) is 86.1 Å². The van der Waals surface area contributed by atoms with Crippen molar-refractivity contribution in [3.05, 3.63) is 35.9 Å². The van der Waals surface area contributed by atoms with Gasteiger partial charge in [0.05, 0.1) is 19.3 Å². The third-order valence-corrected chi connectivity index (χ3v) is 7.45. The van der Waals surface area contributed by atoms with Crippen LogP contribution in [-0.2, 0) is 56.8 Å². The molecule has 0 spiro atoms. The first-order chi connectivity index (χ1) is 17.9. The smallest absolute Gasteiger partial charge is 0.370 e. The van der Waals surface area contributed by atoms with Gasteiger partial charge >= 0.3 is 39.1 Å². The molecule has 1 saturated carbocycles. The van der Waals surface area contributed by atoms with E-state index in [1.807, 2.05) is 0 Å². The lowest BCUT2D eigenvalue weighted by Crippen LogP contribution is -2.64. The Hall–Kier alpha value is -0.270. The Bertz CT molecular complexity index is 1210. The molecule has 1 aliphatic carbocycles. The van der Waals surface area contributed by atoms with Crippen molar-refractivity contribution in [1.82, 2.24) is 0 Å². The average molecular weight is 684 g/mol. The first-order valence-corrected chi connectivity index (χ1v) is 17.9. The predicted molar refractivity (Wildman–Crippen MR) is 124 cm³/mol. The molecule has 0 heterocycles. The molecule has 40 heavy (non-hydrogen) atoms. The van der Waals surface area contributed by atoms with Crippen LogP contribution in [0.5, 0.6) is 0 Å². The van der Waals surface area contributed by atoms with Crippen molar-refractivity contribution in [3.63, 3.8) is 0 Å². The summed E-state index contributed by atoms with van der Waals surface area (Å²) in [6, 6.07) is 7.52. The van der Waals surface area contributed by atoms with Gasteiger partial charge in [0.2, 0.25) is 0 Å². The van der Waals surface area contributed by atoms with E-state index in [0.717, 1.165) is 0 Å². The zero-order chi connectivity index (χ0) is 30.7. The molecule has 1 aliphatic rings. The highest BCUT2D eigenvalue weighted by atomic mass is 31.2. The average Bonchev–Trinajstić information content (AvgIpc) is 2.72. The van der Waals surface area contributed by atoms with E-state index in [-0.39, 0.29) is 0 Å². The van der Waals surface area contributed by atoms with Crippen LogP contribution in [0.2, 0.25) is 0 Å². The molecular weight excluding hydrogens is 659 g/mol. The normalized spacial score (nSPS) is 27.1. The first kappa shape index (κ1) is 35.9. The minimum Gasteiger partial charge on any atom is -0.370 e. The van der Waals surface area contributed by atoms with Crippen molar-refractivity contribution in [2.24, 2.45) is 5.92 Å². The monoisotopic (exact) mass is 684 g/mol. The summed E-state index contributed by atoms with van der Waals surface area (Å²) < 4.78 is 86.3. The molecule has 1 aromatic carbocycles. The summed E-state index contributed by atoms with van der Waals surface area (Å²) in [6.45, 7) is -1.92. The van der Waals surface area contributed by atoms with Crippen LogP contribution in [0.25, 0.3) is 0 Å². The zero-order valence-corrected chi connectivity index (χ0v) is 23.9. The maximum atomic E-state index is 11.8. The molecule has 0 aliphatic heterocycles. The molecule has 6 atom stereocenters. The van der Waals surface area contributed by atoms with E-state index in [0.29, 0.717) is 5.56 Å². The lowest BCUT2D eigenvalue weighted by molar-refractivity contribution is -0.210. The van der Waals surface area contributed by atoms with E-state index in [1.54, 1.807) is 6.07 Å². The minimum absolute atomic E-state index is 0.320. The predicted octanol–water partition coefficient (Wildman–Crippen LogP) is -0.778. The summed E-state index contributed by atoms with van der Waals surface area (Å²) >= 11 is 0. The van der Waals surface area contributed by atoms with Crippen LogP contribution < -0.4 is 0 Å². The van der Waals surface area contributed by atoms with E-state index >= 15 is 0 Å². The van der Waals surface area contributed by atoms with Gasteiger partial charge in [-0.15, -0.1) is 0 Å². The van der Waals surface area contributed by atoms with Gasteiger partial charge in [0.1, 0.15) is 24.4 Å². The lowest BCUT2D eigenvalue weighted by Gasteiger charge is -2.49. The molecular formula is C14H25O21P5. The maximum Gasteiger partial charge on any atom is 0.470 e. The van der Waals surface area contributed by atoms with E-state index in [9.17, 15) is 71.8 Å². The summed E-state index contributed by atoms with van der Waals surface area (Å²) in [5.74, 6) is -2.10. The van der Waals surface area contributed by atoms with Crippen LogP contribution in [0.15, 0.2) is 30.3 Å². The number of phosphoric acid groups is 5. The Morgan fingerprint density at radius 2 is 0.900 bits per heavy atom. The topological polar surface area (TPSA) is 343 Å². The highest BCUT2D eigenvalue weighted by molar-refractivity contribution is 7.47. The van der Waals surface area contributed by atoms with Gasteiger partial charge in [0.15, 0.2) is 0 Å². The molecule has 2 rings (SSSR count). The van der Waals surface area contributed by atoms with Gasteiger partial charge in [0.25, 0.3) is 0 Å². The Kier molecular flexibility index (Phi) is 12.2. The van der Waals surface area contributed by atoms with Crippen molar-refractivity contribution < 1.29 is 99.1 Å². The summed E-state index contributed by atoms with van der Waals surface area (Å²) in [7, 11) is -28.6. The molecule has 232 valence electrons. The molecule has 0 aromatic heterocycles. The number of phosphoric ester groups is 5. The third kappa shape index (κ3) is 12.9. The van der Waals surface area contributed by atoms with Gasteiger partial charge in [0, 0.05) is 5.92 Å². The Morgan fingerprint density at radius 3 is 1.30 bits per heavy atom. The van der Waals surface area contributed by atoms with Crippen LogP contribution in [0.3, 0.4) is 0 Å². The van der Waals surface area contributed by atoms with Gasteiger partial charge < -0.3 is 53.7 Å². The molecule has 0 unspecified atom stereocenters. The summed E-state index contributed by atoms with van der Waals surface area (Å²) in [6.07, 6.45) is -12.7. The van der Waals surface area contributed by atoms with Crippen molar-refractivity contribution >= 4 is 39.1 Å². The molecule has 26 heteroatoms. The molecule has 1 aromatic rings. The molecule has 10 N–H and O–H groups in total. The SMILES string of the molecule is O=P(O)(O)OC[C@@H]1[C@@H](OP(=O)(O)O)[C@H](OP(=O)(O)O)[C@@H](OP(=O)(O)O)[C@H](OP(=O)(O)O)[C@@H]1OCc1ccccc1. The maximum absolute atomic E-state index is 11.8. The van der Waals surface area contributed by atoms with Crippen LogP contribution in [0.4, 0.5) is 0 Å². The van der Waals surface area contributed by atoms with Crippen LogP contribution in [0.1, 0.15) is 5.56 Å². The van der Waals surface area contributed by atoms with Crippen molar-refractivity contribution in [2.75, 3.05) is 6.61 Å². The molecule has 0 saturated heterocycles. The summed E-state index contributed by atoms with van der Waals surface area (Å²) in [5, 5.41) is 0. The second-order valence-electron chi connectivity index (χ2n) is 7.95. The summed E-state index contributed by atoms with van der Waals surface area (Å²) in [4.78, 5) is 93.9. The van der Waals surface area contributed by atoms with Gasteiger partial charge in [-0.05, 0) is 5.56 Å². The van der Waals surface area contributed by atoms with E-state index < -0.39 is 88.8 Å². The van der Waals surface area contributed by atoms with Gasteiger partial charge in [-0.2, -0.15) is 0 Å². The standard InChI is InChI=1S/C14H25O21P5/c15-36(16,17)31-7-9-10(30-6-8-4-2-1-3-5-8)12(33-38(21,22)23)14(35-40(27,28)29)13(34-39(24,25)26)11(9)32-37(18,19)20/h1-5,9-14H,6-7H2,(H2,15,16,17)(H2,18,19,20)(H2,21,22,23)(H2,24,25,26)(H2,27,28,29)/t9-,10+,11+,12+,13-,14-/m0/s1. The van der Waals surface area contributed by atoms with Gasteiger partial charge in [-0.3, -0.25) is 22.6 Å². The number of benzene rings is 1. The van der Waals surface area contributed by atoms with E-state index in [1.165, 1.54) is 24.3 Å². The molecule has 21 nitrogen and oxygen atoms in total. The fourth-order valence-corrected chi connectivity index (χ4v) is 6.36. The van der Waals surface area contributed by atoms with Crippen LogP contribution >= 0.6 is 39.1 Å². The van der Waals surface area contributed by atoms with E-state index in [2.05, 4.69) is 22.6 Å². The Morgan fingerprint density at radius 1 is 0.525 bits per heavy atom. The van der Waals surface area contributed by atoms with Crippen molar-refractivity contribution in [2.45, 2.75) is 37.1 Å². The Balaban J connectivity index is 2.79. The molecule has 0 radical (unpaired) electrons.